The molecule has 0 spiro atoms. The molecule has 0 aliphatic carbocycles. The number of hydrogen-bond donors (Lipinski definition) is 1. The van der Waals surface area contributed by atoms with Gasteiger partial charge in [-0.1, -0.05) is 12.1 Å². The van der Waals surface area contributed by atoms with Crippen molar-refractivity contribution in [2.75, 3.05) is 19.7 Å². The van der Waals surface area contributed by atoms with Crippen LogP contribution in [0.15, 0.2) is 36.5 Å². The highest BCUT2D eigenvalue weighted by molar-refractivity contribution is 5.78. The van der Waals surface area contributed by atoms with Gasteiger partial charge in [0.1, 0.15) is 0 Å². The topological polar surface area (TPSA) is 45.6 Å². The molecule has 112 valence electrons. The van der Waals surface area contributed by atoms with Crippen LogP contribution >= 0.6 is 0 Å². The standard InChI is InChI=1S/C17H22N2O2/c1-17(2)12-19(10-15(11-20)21-17)9-13-5-6-16-14(8-13)4-3-7-18-16/h3-8,15,20H,9-12H2,1-2H3. The molecule has 1 aromatic heterocycles. The molecule has 0 saturated carbocycles. The van der Waals surface area contributed by atoms with E-state index in [2.05, 4.69) is 48.0 Å². The van der Waals surface area contributed by atoms with Crippen molar-refractivity contribution < 1.29 is 9.84 Å². The number of morpholine rings is 1. The third-order valence-corrected chi connectivity index (χ3v) is 3.83. The van der Waals surface area contributed by atoms with Crippen LogP contribution in [0.3, 0.4) is 0 Å². The van der Waals surface area contributed by atoms with Gasteiger partial charge in [0.05, 0.1) is 23.8 Å². The van der Waals surface area contributed by atoms with Crippen molar-refractivity contribution in [3.8, 4) is 0 Å². The van der Waals surface area contributed by atoms with Crippen molar-refractivity contribution in [2.45, 2.75) is 32.1 Å². The number of nitrogens with zero attached hydrogens (tertiary/aromatic N) is 2. The zero-order chi connectivity index (χ0) is 14.9. The van der Waals surface area contributed by atoms with Gasteiger partial charge in [0.25, 0.3) is 0 Å². The second-order valence-electron chi connectivity index (χ2n) is 6.38. The van der Waals surface area contributed by atoms with E-state index < -0.39 is 0 Å². The molecule has 1 aromatic carbocycles. The van der Waals surface area contributed by atoms with Crippen LogP contribution in [0.2, 0.25) is 0 Å². The number of rotatable bonds is 3. The molecule has 21 heavy (non-hydrogen) atoms. The number of aromatic nitrogens is 1. The SMILES string of the molecule is CC1(C)CN(Cc2ccc3ncccc3c2)CC(CO)O1. The van der Waals surface area contributed by atoms with Crippen LogP contribution in [0.4, 0.5) is 0 Å². The summed E-state index contributed by atoms with van der Waals surface area (Å²) >= 11 is 0. The lowest BCUT2D eigenvalue weighted by Gasteiger charge is -2.42. The number of aliphatic hydroxyl groups is 1. The molecule has 1 atom stereocenters. The summed E-state index contributed by atoms with van der Waals surface area (Å²) in [5.41, 5.74) is 2.08. The molecule has 1 N–H and O–H groups in total. The number of ether oxygens (including phenoxy) is 1. The summed E-state index contributed by atoms with van der Waals surface area (Å²) < 4.78 is 5.86. The zero-order valence-corrected chi connectivity index (χ0v) is 12.6. The minimum Gasteiger partial charge on any atom is -0.394 e. The highest BCUT2D eigenvalue weighted by Crippen LogP contribution is 2.23. The van der Waals surface area contributed by atoms with Crippen LogP contribution in [0, 0.1) is 0 Å². The van der Waals surface area contributed by atoms with Gasteiger partial charge in [0.15, 0.2) is 0 Å². The summed E-state index contributed by atoms with van der Waals surface area (Å²) in [4.78, 5) is 6.70. The summed E-state index contributed by atoms with van der Waals surface area (Å²) in [5.74, 6) is 0. The Labute approximate surface area is 125 Å². The number of pyridine rings is 1. The zero-order valence-electron chi connectivity index (χ0n) is 12.6. The number of benzene rings is 1. The highest BCUT2D eigenvalue weighted by atomic mass is 16.5. The van der Waals surface area contributed by atoms with E-state index in [4.69, 9.17) is 4.74 Å². The van der Waals surface area contributed by atoms with Crippen LogP contribution < -0.4 is 0 Å². The fourth-order valence-corrected chi connectivity index (χ4v) is 3.11. The summed E-state index contributed by atoms with van der Waals surface area (Å²) in [5, 5.41) is 10.6. The van der Waals surface area contributed by atoms with Gasteiger partial charge < -0.3 is 9.84 Å². The molecule has 3 rings (SSSR count). The van der Waals surface area contributed by atoms with Gasteiger partial charge in [-0.05, 0) is 37.6 Å². The van der Waals surface area contributed by atoms with E-state index >= 15 is 0 Å². The molecule has 2 aromatic rings. The Hall–Kier alpha value is -1.49. The van der Waals surface area contributed by atoms with E-state index in [1.807, 2.05) is 12.3 Å². The Morgan fingerprint density at radius 1 is 1.38 bits per heavy atom. The lowest BCUT2D eigenvalue weighted by Crippen LogP contribution is -2.53. The van der Waals surface area contributed by atoms with Gasteiger partial charge in [0.2, 0.25) is 0 Å². The maximum atomic E-state index is 9.39. The first-order valence-corrected chi connectivity index (χ1v) is 7.40. The predicted molar refractivity (Wildman–Crippen MR) is 83.1 cm³/mol. The van der Waals surface area contributed by atoms with E-state index in [1.165, 1.54) is 10.9 Å². The molecule has 0 bridgehead atoms. The molecule has 2 heterocycles. The van der Waals surface area contributed by atoms with Crippen molar-refractivity contribution in [2.24, 2.45) is 0 Å². The van der Waals surface area contributed by atoms with Crippen molar-refractivity contribution in [3.63, 3.8) is 0 Å². The first-order valence-electron chi connectivity index (χ1n) is 7.40. The van der Waals surface area contributed by atoms with Crippen LogP contribution in [-0.2, 0) is 11.3 Å². The average molecular weight is 286 g/mol. The number of aliphatic hydroxyl groups excluding tert-OH is 1. The molecule has 0 amide bonds. The van der Waals surface area contributed by atoms with E-state index in [9.17, 15) is 5.11 Å². The van der Waals surface area contributed by atoms with Gasteiger partial charge in [-0.2, -0.15) is 0 Å². The Bertz CT molecular complexity index is 627. The van der Waals surface area contributed by atoms with Gasteiger partial charge >= 0.3 is 0 Å². The molecule has 1 aliphatic rings. The Morgan fingerprint density at radius 2 is 2.24 bits per heavy atom. The molecule has 4 heteroatoms. The van der Waals surface area contributed by atoms with Gasteiger partial charge in [-0.15, -0.1) is 0 Å². The molecule has 1 saturated heterocycles. The lowest BCUT2D eigenvalue weighted by atomic mass is 10.0. The largest absolute Gasteiger partial charge is 0.394 e. The van der Waals surface area contributed by atoms with E-state index in [0.29, 0.717) is 0 Å². The maximum absolute atomic E-state index is 9.39. The van der Waals surface area contributed by atoms with E-state index in [0.717, 1.165) is 25.2 Å². The third kappa shape index (κ3) is 3.40. The summed E-state index contributed by atoms with van der Waals surface area (Å²) in [7, 11) is 0. The van der Waals surface area contributed by atoms with Crippen LogP contribution in [0.1, 0.15) is 19.4 Å². The molecule has 1 fully saturated rings. The monoisotopic (exact) mass is 286 g/mol. The number of fused-ring (bicyclic) bond motifs is 1. The number of hydrogen-bond acceptors (Lipinski definition) is 4. The lowest BCUT2D eigenvalue weighted by molar-refractivity contribution is -0.150. The van der Waals surface area contributed by atoms with Crippen LogP contribution in [0.5, 0.6) is 0 Å². The quantitative estimate of drug-likeness (QED) is 0.939. The molecule has 4 nitrogen and oxygen atoms in total. The van der Waals surface area contributed by atoms with Crippen molar-refractivity contribution in [1.82, 2.24) is 9.88 Å². The fraction of sp³-hybridized carbons (Fsp3) is 0.471. The van der Waals surface area contributed by atoms with E-state index in [1.54, 1.807) is 0 Å². The third-order valence-electron chi connectivity index (χ3n) is 3.83. The van der Waals surface area contributed by atoms with E-state index in [-0.39, 0.29) is 18.3 Å². The molecule has 0 radical (unpaired) electrons. The maximum Gasteiger partial charge on any atom is 0.0940 e. The molecular weight excluding hydrogens is 264 g/mol. The second-order valence-corrected chi connectivity index (χ2v) is 6.38. The van der Waals surface area contributed by atoms with Crippen molar-refractivity contribution in [1.29, 1.82) is 0 Å². The predicted octanol–water partition coefficient (Wildman–Crippen LogP) is 2.21. The Morgan fingerprint density at radius 3 is 3.05 bits per heavy atom. The van der Waals surface area contributed by atoms with Gasteiger partial charge in [0, 0.05) is 31.2 Å². The van der Waals surface area contributed by atoms with Crippen LogP contribution in [-0.4, -0.2) is 46.4 Å². The molecule has 1 aliphatic heterocycles. The minimum atomic E-state index is -0.218. The second kappa shape index (κ2) is 5.72. The molecule has 1 unspecified atom stereocenters. The van der Waals surface area contributed by atoms with Gasteiger partial charge in [-0.3, -0.25) is 9.88 Å². The smallest absolute Gasteiger partial charge is 0.0940 e. The normalized spacial score (nSPS) is 22.5. The van der Waals surface area contributed by atoms with Crippen molar-refractivity contribution in [3.05, 3.63) is 42.1 Å². The Balaban J connectivity index is 1.77. The van der Waals surface area contributed by atoms with Crippen molar-refractivity contribution >= 4 is 10.9 Å². The average Bonchev–Trinajstić information content (AvgIpc) is 2.45. The fourth-order valence-electron chi connectivity index (χ4n) is 3.11. The first-order chi connectivity index (χ1) is 10.1. The highest BCUT2D eigenvalue weighted by Gasteiger charge is 2.32. The van der Waals surface area contributed by atoms with Crippen LogP contribution in [0.25, 0.3) is 10.9 Å². The summed E-state index contributed by atoms with van der Waals surface area (Å²) in [6.45, 7) is 6.73. The first kappa shape index (κ1) is 14.4. The Kier molecular flexibility index (Phi) is 3.93. The minimum absolute atomic E-state index is 0.0710. The van der Waals surface area contributed by atoms with Gasteiger partial charge in [-0.25, -0.2) is 0 Å². The molecular formula is C17H22N2O2. The summed E-state index contributed by atoms with van der Waals surface area (Å²) in [6, 6.07) is 10.4. The summed E-state index contributed by atoms with van der Waals surface area (Å²) in [6.07, 6.45) is 1.72.